The molecule has 0 aliphatic carbocycles. The number of para-hydroxylation sites is 1. The first-order chi connectivity index (χ1) is 27.5. The molecular weight excluding hydrogens is 762 g/mol. The molecule has 0 aliphatic heterocycles. The first kappa shape index (κ1) is 44.8. The number of rotatable bonds is 16. The average molecular weight is 808 g/mol. The van der Waals surface area contributed by atoms with Crippen LogP contribution in [0.25, 0.3) is 22.0 Å². The monoisotopic (exact) mass is 807 g/mol. The number of benzene rings is 4. The van der Waals surface area contributed by atoms with Gasteiger partial charge in [0.1, 0.15) is 12.4 Å². The van der Waals surface area contributed by atoms with Gasteiger partial charge in [0.05, 0.1) is 11.1 Å². The van der Waals surface area contributed by atoms with E-state index in [2.05, 4.69) is 18.7 Å². The molecule has 2 atom stereocenters. The van der Waals surface area contributed by atoms with Gasteiger partial charge in [0.15, 0.2) is 17.6 Å². The molecule has 1 heterocycles. The zero-order chi connectivity index (χ0) is 42.6. The lowest BCUT2D eigenvalue weighted by Gasteiger charge is -2.28. The zero-order valence-corrected chi connectivity index (χ0v) is 31.9. The number of pyridine rings is 1. The molecule has 5 rings (SSSR count). The fourth-order valence-electron chi connectivity index (χ4n) is 6.21. The number of aliphatic carboxylic acids is 2. The minimum atomic E-state index is -4.40. The van der Waals surface area contributed by atoms with Gasteiger partial charge in [-0.3, -0.25) is 9.59 Å². The number of amides is 1. The van der Waals surface area contributed by atoms with Crippen molar-refractivity contribution in [1.29, 1.82) is 0 Å². The van der Waals surface area contributed by atoms with Crippen LogP contribution in [0.1, 0.15) is 36.2 Å². The maximum absolute atomic E-state index is 14.2. The summed E-state index contributed by atoms with van der Waals surface area (Å²) < 4.78 is 54.9. The van der Waals surface area contributed by atoms with Gasteiger partial charge in [-0.2, -0.15) is 13.2 Å². The summed E-state index contributed by atoms with van der Waals surface area (Å²) in [6.07, 6.45) is -7.98. The summed E-state index contributed by atoms with van der Waals surface area (Å²) in [6, 6.07) is 27.7. The third-order valence-corrected chi connectivity index (χ3v) is 9.57. The molecule has 0 saturated heterocycles. The molecule has 1 amide bonds. The molecule has 0 saturated carbocycles. The Morgan fingerprint density at radius 1 is 0.724 bits per heavy atom. The van der Waals surface area contributed by atoms with Gasteiger partial charge in [0, 0.05) is 36.8 Å². The predicted octanol–water partition coefficient (Wildman–Crippen LogP) is 5.86. The van der Waals surface area contributed by atoms with Gasteiger partial charge >= 0.3 is 18.1 Å². The maximum atomic E-state index is 14.2. The van der Waals surface area contributed by atoms with Crippen molar-refractivity contribution in [3.8, 4) is 11.1 Å². The number of halogens is 4. The molecule has 0 bridgehead atoms. The molecule has 0 spiro atoms. The molecule has 0 radical (unpaired) electrons. The van der Waals surface area contributed by atoms with Crippen LogP contribution in [-0.4, -0.2) is 91.0 Å². The summed E-state index contributed by atoms with van der Waals surface area (Å²) in [7, 11) is 0. The Hall–Kier alpha value is -5.90. The lowest BCUT2D eigenvalue weighted by molar-refractivity contribution is -0.165. The molecule has 11 nitrogen and oxygen atoms in total. The summed E-state index contributed by atoms with van der Waals surface area (Å²) in [6.45, 7) is 7.35. The number of aliphatic hydroxyl groups is 2. The highest BCUT2D eigenvalue weighted by molar-refractivity contribution is 5.83. The lowest BCUT2D eigenvalue weighted by atomic mass is 10.0. The Labute approximate surface area is 332 Å². The van der Waals surface area contributed by atoms with E-state index >= 15 is 0 Å². The van der Waals surface area contributed by atoms with Crippen molar-refractivity contribution in [2.45, 2.75) is 58.2 Å². The Bertz CT molecular complexity index is 2210. The van der Waals surface area contributed by atoms with Gasteiger partial charge in [-0.05, 0) is 84.6 Å². The summed E-state index contributed by atoms with van der Waals surface area (Å²) in [4.78, 5) is 50.9. The first-order valence-electron chi connectivity index (χ1n) is 18.5. The summed E-state index contributed by atoms with van der Waals surface area (Å²) >= 11 is 0. The van der Waals surface area contributed by atoms with Gasteiger partial charge < -0.3 is 34.8 Å². The van der Waals surface area contributed by atoms with E-state index in [1.807, 2.05) is 51.9 Å². The topological polar surface area (TPSA) is 161 Å². The van der Waals surface area contributed by atoms with Gasteiger partial charge in [-0.15, -0.1) is 0 Å². The van der Waals surface area contributed by atoms with Crippen LogP contribution in [0.4, 0.5) is 17.6 Å². The number of hydrogen-bond acceptors (Lipinski definition) is 7. The van der Waals surface area contributed by atoms with Crippen molar-refractivity contribution < 1.29 is 52.4 Å². The van der Waals surface area contributed by atoms with E-state index in [4.69, 9.17) is 20.4 Å². The van der Waals surface area contributed by atoms with E-state index in [-0.39, 0.29) is 23.7 Å². The normalized spacial score (nSPS) is 12.4. The number of carboxylic acids is 2. The van der Waals surface area contributed by atoms with Gasteiger partial charge in [-0.1, -0.05) is 74.5 Å². The number of carbonyl (C=O) groups is 3. The van der Waals surface area contributed by atoms with Crippen LogP contribution in [0, 0.1) is 5.82 Å². The minimum Gasteiger partial charge on any atom is -0.479 e. The molecular formula is C43H45F4N3O8. The second kappa shape index (κ2) is 20.5. The fraction of sp³-hybridized carbons (Fsp3) is 0.302. The molecule has 4 aromatic carbocycles. The van der Waals surface area contributed by atoms with Crippen LogP contribution in [0.15, 0.2) is 108 Å². The van der Waals surface area contributed by atoms with E-state index in [0.29, 0.717) is 54.6 Å². The molecule has 58 heavy (non-hydrogen) atoms. The Morgan fingerprint density at radius 2 is 1.31 bits per heavy atom. The highest BCUT2D eigenvalue weighted by atomic mass is 19.4. The van der Waals surface area contributed by atoms with Crippen LogP contribution < -0.4 is 5.43 Å². The Kier molecular flexibility index (Phi) is 15.8. The molecule has 0 fully saturated rings. The number of aliphatic hydroxyl groups excluding tert-OH is 2. The van der Waals surface area contributed by atoms with Crippen molar-refractivity contribution >= 4 is 28.7 Å². The van der Waals surface area contributed by atoms with Crippen LogP contribution in [-0.2, 0) is 46.5 Å². The Morgan fingerprint density at radius 3 is 1.86 bits per heavy atom. The molecule has 15 heteroatoms. The fourth-order valence-corrected chi connectivity index (χ4v) is 6.21. The molecule has 2 unspecified atom stereocenters. The number of likely N-dealkylation sites (N-methyl/N-ethyl adjacent to an activating group) is 1. The van der Waals surface area contributed by atoms with Gasteiger partial charge in [-0.25, -0.2) is 14.0 Å². The van der Waals surface area contributed by atoms with Crippen molar-refractivity contribution in [2.75, 3.05) is 26.2 Å². The van der Waals surface area contributed by atoms with E-state index in [1.165, 1.54) is 24.3 Å². The Balaban J connectivity index is 0.000000657. The zero-order valence-electron chi connectivity index (χ0n) is 31.9. The highest BCUT2D eigenvalue weighted by Crippen LogP contribution is 2.31. The first-order valence-corrected chi connectivity index (χ1v) is 18.5. The number of aryl methyl sites for hydroxylation is 2. The van der Waals surface area contributed by atoms with E-state index in [0.717, 1.165) is 41.9 Å². The lowest BCUT2D eigenvalue weighted by Crippen LogP contribution is -2.40. The number of alkyl halides is 3. The van der Waals surface area contributed by atoms with Crippen molar-refractivity contribution in [3.05, 3.63) is 142 Å². The minimum absolute atomic E-state index is 0.0150. The maximum Gasteiger partial charge on any atom is 0.416 e. The smallest absolute Gasteiger partial charge is 0.416 e. The third-order valence-electron chi connectivity index (χ3n) is 9.57. The van der Waals surface area contributed by atoms with Crippen molar-refractivity contribution in [3.63, 3.8) is 0 Å². The molecule has 1 aromatic heterocycles. The SMILES string of the molecule is CCN(CC)CCN(Cc1ccc(-c2ccc(C(F)(F)F)cc2)cc1)C(=O)Cn1c(CCc2cccc(F)c2)cc(=O)c2ccccc21.O=C(O)C(O)C(O)C(=O)O. The van der Waals surface area contributed by atoms with E-state index in [1.54, 1.807) is 24.3 Å². The average Bonchev–Trinajstić information content (AvgIpc) is 3.20. The largest absolute Gasteiger partial charge is 0.479 e. The molecule has 0 aliphatic rings. The van der Waals surface area contributed by atoms with Crippen LogP contribution in [0.3, 0.4) is 0 Å². The van der Waals surface area contributed by atoms with Crippen LogP contribution >= 0.6 is 0 Å². The van der Waals surface area contributed by atoms with Crippen LogP contribution in [0.2, 0.25) is 0 Å². The number of aromatic nitrogens is 1. The predicted molar refractivity (Wildman–Crippen MR) is 209 cm³/mol. The second-order valence-corrected chi connectivity index (χ2v) is 13.4. The molecule has 5 aromatic rings. The summed E-state index contributed by atoms with van der Waals surface area (Å²) in [5.74, 6) is -3.98. The van der Waals surface area contributed by atoms with E-state index in [9.17, 15) is 36.7 Å². The van der Waals surface area contributed by atoms with E-state index < -0.39 is 35.9 Å². The van der Waals surface area contributed by atoms with Crippen molar-refractivity contribution in [1.82, 2.24) is 14.4 Å². The van der Waals surface area contributed by atoms with Crippen LogP contribution in [0.5, 0.6) is 0 Å². The second-order valence-electron chi connectivity index (χ2n) is 13.4. The number of nitrogens with zero attached hydrogens (tertiary/aromatic N) is 3. The van der Waals surface area contributed by atoms with Gasteiger partial charge in [0.2, 0.25) is 5.91 Å². The number of fused-ring (bicyclic) bond motifs is 1. The molecule has 4 N–H and O–H groups in total. The van der Waals surface area contributed by atoms with Crippen molar-refractivity contribution in [2.24, 2.45) is 0 Å². The number of carbonyl (C=O) groups excluding carboxylic acids is 1. The number of carboxylic acid groups (broad SMARTS) is 2. The quantitative estimate of drug-likeness (QED) is 0.0896. The third kappa shape index (κ3) is 12.3. The number of hydrogen-bond donors (Lipinski definition) is 4. The standard InChI is InChI=1S/C39H39F4N3O2.C4H6O6/c1-3-44(4-2)22-23-45(26-29-12-15-30(16-13-29)31-17-19-32(20-18-31)39(41,42)43)38(48)27-46-34(21-14-28-8-7-9-33(40)24-28)25-37(47)35-10-5-6-11-36(35)46;5-1(3(7)8)2(6)4(9)10/h5-13,15-20,24-25H,3-4,14,21-23,26-27H2,1-2H3;1-2,5-6H,(H,7,8)(H,9,10). The highest BCUT2D eigenvalue weighted by Gasteiger charge is 2.30. The van der Waals surface area contributed by atoms with Gasteiger partial charge in [0.25, 0.3) is 0 Å². The summed E-state index contributed by atoms with van der Waals surface area (Å²) in [5, 5.41) is 33.0. The molecule has 308 valence electrons. The summed E-state index contributed by atoms with van der Waals surface area (Å²) in [5.41, 5.74) is 3.66.